The standard InChI is InChI=1S/C12H17NO2/c1-9-5-6-10(13-4)11(7-9)15-12(2,3)8-14/h5-8,13H,1-4H3. The van der Waals surface area contributed by atoms with Gasteiger partial charge in [-0.1, -0.05) is 6.07 Å². The van der Waals surface area contributed by atoms with Crippen molar-refractivity contribution in [2.75, 3.05) is 12.4 Å². The maximum absolute atomic E-state index is 10.8. The summed E-state index contributed by atoms with van der Waals surface area (Å²) in [5.41, 5.74) is 1.19. The molecule has 0 atom stereocenters. The van der Waals surface area contributed by atoms with Gasteiger partial charge in [-0.15, -0.1) is 0 Å². The third kappa shape index (κ3) is 2.98. The van der Waals surface area contributed by atoms with Gasteiger partial charge in [-0.05, 0) is 38.5 Å². The number of benzene rings is 1. The van der Waals surface area contributed by atoms with E-state index in [0.717, 1.165) is 17.5 Å². The lowest BCUT2D eigenvalue weighted by atomic mass is 10.1. The van der Waals surface area contributed by atoms with Gasteiger partial charge < -0.3 is 10.1 Å². The van der Waals surface area contributed by atoms with Gasteiger partial charge in [0, 0.05) is 7.05 Å². The zero-order chi connectivity index (χ0) is 11.5. The second-order valence-electron chi connectivity index (χ2n) is 4.07. The van der Waals surface area contributed by atoms with Crippen molar-refractivity contribution in [2.45, 2.75) is 26.4 Å². The number of carbonyl (C=O) groups is 1. The summed E-state index contributed by atoms with van der Waals surface area (Å²) in [6.45, 7) is 5.46. The fourth-order valence-electron chi connectivity index (χ4n) is 1.23. The topological polar surface area (TPSA) is 38.3 Å². The van der Waals surface area contributed by atoms with Crippen LogP contribution in [0.2, 0.25) is 0 Å². The van der Waals surface area contributed by atoms with E-state index in [2.05, 4.69) is 5.32 Å². The summed E-state index contributed by atoms with van der Waals surface area (Å²) < 4.78 is 5.62. The minimum Gasteiger partial charge on any atom is -0.478 e. The average Bonchev–Trinajstić information content (AvgIpc) is 2.18. The van der Waals surface area contributed by atoms with Gasteiger partial charge in [0.1, 0.15) is 5.75 Å². The number of aryl methyl sites for hydroxylation is 1. The zero-order valence-corrected chi connectivity index (χ0v) is 9.63. The molecule has 1 rings (SSSR count). The van der Waals surface area contributed by atoms with Crippen LogP contribution in [0.4, 0.5) is 5.69 Å². The van der Waals surface area contributed by atoms with Crippen molar-refractivity contribution in [3.8, 4) is 5.75 Å². The Morgan fingerprint density at radius 1 is 1.40 bits per heavy atom. The number of rotatable bonds is 4. The molecule has 82 valence electrons. The summed E-state index contributed by atoms with van der Waals surface area (Å²) in [5, 5.41) is 3.03. The molecular formula is C12H17NO2. The molecular weight excluding hydrogens is 190 g/mol. The van der Waals surface area contributed by atoms with Crippen molar-refractivity contribution in [2.24, 2.45) is 0 Å². The fraction of sp³-hybridized carbons (Fsp3) is 0.417. The highest BCUT2D eigenvalue weighted by atomic mass is 16.5. The van der Waals surface area contributed by atoms with Gasteiger partial charge in [0.2, 0.25) is 0 Å². The molecule has 0 fully saturated rings. The van der Waals surface area contributed by atoms with Gasteiger partial charge in [0.15, 0.2) is 11.9 Å². The van der Waals surface area contributed by atoms with E-state index in [1.54, 1.807) is 13.8 Å². The van der Waals surface area contributed by atoms with E-state index < -0.39 is 5.60 Å². The summed E-state index contributed by atoms with van der Waals surface area (Å²) in [5.74, 6) is 0.703. The molecule has 0 bridgehead atoms. The molecule has 0 aliphatic carbocycles. The van der Waals surface area contributed by atoms with Crippen LogP contribution < -0.4 is 10.1 Å². The van der Waals surface area contributed by atoms with Gasteiger partial charge >= 0.3 is 0 Å². The zero-order valence-electron chi connectivity index (χ0n) is 9.63. The van der Waals surface area contributed by atoms with Crippen molar-refractivity contribution < 1.29 is 9.53 Å². The Labute approximate surface area is 90.4 Å². The third-order valence-corrected chi connectivity index (χ3v) is 2.06. The normalized spacial score (nSPS) is 10.9. The molecule has 0 unspecified atom stereocenters. The lowest BCUT2D eigenvalue weighted by molar-refractivity contribution is -0.118. The molecule has 3 heteroatoms. The number of aldehydes is 1. The van der Waals surface area contributed by atoms with Crippen molar-refractivity contribution in [1.29, 1.82) is 0 Å². The molecule has 1 aromatic rings. The Hall–Kier alpha value is -1.51. The van der Waals surface area contributed by atoms with Crippen molar-refractivity contribution >= 4 is 12.0 Å². The minimum absolute atomic E-state index is 0.703. The van der Waals surface area contributed by atoms with Crippen LogP contribution in [0.1, 0.15) is 19.4 Å². The molecule has 0 heterocycles. The van der Waals surface area contributed by atoms with Crippen LogP contribution in [0.5, 0.6) is 5.75 Å². The highest BCUT2D eigenvalue weighted by Gasteiger charge is 2.19. The lowest BCUT2D eigenvalue weighted by Crippen LogP contribution is -2.30. The Morgan fingerprint density at radius 2 is 2.07 bits per heavy atom. The van der Waals surface area contributed by atoms with E-state index in [1.807, 2.05) is 32.2 Å². The van der Waals surface area contributed by atoms with Crippen LogP contribution in [0.3, 0.4) is 0 Å². The van der Waals surface area contributed by atoms with Gasteiger partial charge in [-0.2, -0.15) is 0 Å². The van der Waals surface area contributed by atoms with Gasteiger partial charge in [-0.25, -0.2) is 0 Å². The molecule has 0 aliphatic rings. The first-order chi connectivity index (χ1) is 6.98. The largest absolute Gasteiger partial charge is 0.478 e. The fourth-order valence-corrected chi connectivity index (χ4v) is 1.23. The number of carbonyl (C=O) groups excluding carboxylic acids is 1. The Bertz CT molecular complexity index is 359. The molecule has 0 aliphatic heterocycles. The van der Waals surface area contributed by atoms with Crippen molar-refractivity contribution in [1.82, 2.24) is 0 Å². The average molecular weight is 207 g/mol. The summed E-state index contributed by atoms with van der Waals surface area (Å²) in [6, 6.07) is 5.84. The molecule has 0 saturated heterocycles. The predicted molar refractivity (Wildman–Crippen MR) is 61.5 cm³/mol. The Kier molecular flexibility index (Phi) is 3.35. The molecule has 0 amide bonds. The molecule has 3 nitrogen and oxygen atoms in total. The van der Waals surface area contributed by atoms with Crippen molar-refractivity contribution in [3.05, 3.63) is 23.8 Å². The highest BCUT2D eigenvalue weighted by molar-refractivity contribution is 5.64. The van der Waals surface area contributed by atoms with Crippen LogP contribution in [-0.2, 0) is 4.79 Å². The molecule has 0 spiro atoms. The smallest absolute Gasteiger partial charge is 0.162 e. The first kappa shape index (κ1) is 11.6. The highest BCUT2D eigenvalue weighted by Crippen LogP contribution is 2.28. The van der Waals surface area contributed by atoms with Gasteiger partial charge in [0.25, 0.3) is 0 Å². The Morgan fingerprint density at radius 3 is 2.60 bits per heavy atom. The summed E-state index contributed by atoms with van der Waals surface area (Å²) in [4.78, 5) is 10.8. The summed E-state index contributed by atoms with van der Waals surface area (Å²) in [6.07, 6.45) is 0.800. The Balaban J connectivity index is 3.02. The first-order valence-corrected chi connectivity index (χ1v) is 4.92. The predicted octanol–water partition coefficient (Wildman–Crippen LogP) is 2.39. The monoisotopic (exact) mass is 207 g/mol. The van der Waals surface area contributed by atoms with Crippen LogP contribution in [0.15, 0.2) is 18.2 Å². The van der Waals surface area contributed by atoms with Crippen molar-refractivity contribution in [3.63, 3.8) is 0 Å². The van der Waals surface area contributed by atoms with Gasteiger partial charge in [-0.3, -0.25) is 4.79 Å². The molecule has 0 radical (unpaired) electrons. The third-order valence-electron chi connectivity index (χ3n) is 2.06. The molecule has 1 aromatic carbocycles. The molecule has 1 N–H and O–H groups in total. The number of nitrogens with one attached hydrogen (secondary N) is 1. The first-order valence-electron chi connectivity index (χ1n) is 4.92. The minimum atomic E-state index is -0.792. The van der Waals surface area contributed by atoms with Crippen LogP contribution in [0.25, 0.3) is 0 Å². The lowest BCUT2D eigenvalue weighted by Gasteiger charge is -2.22. The second kappa shape index (κ2) is 4.34. The summed E-state index contributed by atoms with van der Waals surface area (Å²) in [7, 11) is 1.82. The van der Waals surface area contributed by atoms with E-state index in [0.29, 0.717) is 5.75 Å². The van der Waals surface area contributed by atoms with Crippen LogP contribution >= 0.6 is 0 Å². The van der Waals surface area contributed by atoms with E-state index >= 15 is 0 Å². The molecule has 15 heavy (non-hydrogen) atoms. The van der Waals surface area contributed by atoms with E-state index in [9.17, 15) is 4.79 Å². The van der Waals surface area contributed by atoms with Crippen LogP contribution in [-0.4, -0.2) is 18.9 Å². The maximum Gasteiger partial charge on any atom is 0.162 e. The van der Waals surface area contributed by atoms with Gasteiger partial charge in [0.05, 0.1) is 5.69 Å². The van der Waals surface area contributed by atoms with Crippen LogP contribution in [0, 0.1) is 6.92 Å². The van der Waals surface area contributed by atoms with E-state index in [4.69, 9.17) is 4.74 Å². The summed E-state index contributed by atoms with van der Waals surface area (Å²) >= 11 is 0. The van der Waals surface area contributed by atoms with E-state index in [1.165, 1.54) is 0 Å². The number of ether oxygens (including phenoxy) is 1. The maximum atomic E-state index is 10.8. The molecule has 0 aromatic heterocycles. The van der Waals surface area contributed by atoms with E-state index in [-0.39, 0.29) is 0 Å². The number of hydrogen-bond donors (Lipinski definition) is 1. The molecule has 0 saturated carbocycles. The second-order valence-corrected chi connectivity index (χ2v) is 4.07. The number of hydrogen-bond acceptors (Lipinski definition) is 3. The SMILES string of the molecule is CNc1ccc(C)cc1OC(C)(C)C=O. The number of anilines is 1. The quantitative estimate of drug-likeness (QED) is 0.770.